The van der Waals surface area contributed by atoms with E-state index >= 15 is 0 Å². The number of carbonyl (C=O) groups is 1. The monoisotopic (exact) mass is 178 g/mol. The van der Waals surface area contributed by atoms with E-state index in [4.69, 9.17) is 9.47 Å². The highest BCUT2D eigenvalue weighted by Crippen LogP contribution is 2.52. The lowest BCUT2D eigenvalue weighted by molar-refractivity contribution is -0.134. The molecule has 0 spiro atoms. The van der Waals surface area contributed by atoms with Gasteiger partial charge in [-0.3, -0.25) is 4.79 Å². The van der Waals surface area contributed by atoms with Gasteiger partial charge in [0.05, 0.1) is 0 Å². The number of rotatable bonds is 3. The molecule has 2 rings (SSSR count). The van der Waals surface area contributed by atoms with Crippen LogP contribution in [0.15, 0.2) is 18.2 Å². The second-order valence-corrected chi connectivity index (χ2v) is 2.91. The summed E-state index contributed by atoms with van der Waals surface area (Å²) in [7, 11) is 0. The van der Waals surface area contributed by atoms with Crippen molar-refractivity contribution in [2.75, 3.05) is 0 Å². The van der Waals surface area contributed by atoms with Crippen LogP contribution < -0.4 is 9.47 Å². The maximum atomic E-state index is 11.1. The molecule has 0 unspecified atom stereocenters. The van der Waals surface area contributed by atoms with Crippen molar-refractivity contribution < 1.29 is 14.3 Å². The Morgan fingerprint density at radius 3 is 3.15 bits per heavy atom. The molecule has 0 fully saturated rings. The second-order valence-electron chi connectivity index (χ2n) is 2.91. The first-order chi connectivity index (χ1) is 6.31. The van der Waals surface area contributed by atoms with E-state index in [0.717, 1.165) is 12.2 Å². The summed E-state index contributed by atoms with van der Waals surface area (Å²) in [6.45, 7) is 1.94. The molecule has 1 heterocycles. The Morgan fingerprint density at radius 2 is 2.38 bits per heavy atom. The van der Waals surface area contributed by atoms with Crippen LogP contribution in [0.4, 0.5) is 0 Å². The van der Waals surface area contributed by atoms with Crippen molar-refractivity contribution >= 4 is 5.97 Å². The van der Waals surface area contributed by atoms with Crippen LogP contribution in [0.25, 0.3) is 0 Å². The maximum absolute atomic E-state index is 11.1. The molecule has 1 aromatic rings. The Kier molecular flexibility index (Phi) is 1.93. The van der Waals surface area contributed by atoms with Crippen molar-refractivity contribution in [3.63, 3.8) is 0 Å². The summed E-state index contributed by atoms with van der Waals surface area (Å²) in [5.74, 6) is 1.84. The molecule has 0 atom stereocenters. The van der Waals surface area contributed by atoms with Gasteiger partial charge in [-0.25, -0.2) is 0 Å². The first-order valence-electron chi connectivity index (χ1n) is 4.33. The third-order valence-electron chi connectivity index (χ3n) is 1.79. The third-order valence-corrected chi connectivity index (χ3v) is 1.79. The highest BCUT2D eigenvalue weighted by molar-refractivity contribution is 5.75. The first-order valence-corrected chi connectivity index (χ1v) is 4.33. The average molecular weight is 178 g/mol. The molecular weight excluding hydrogens is 168 g/mol. The minimum Gasteiger partial charge on any atom is -0.445 e. The first kappa shape index (κ1) is 8.10. The number of benzene rings is 1. The van der Waals surface area contributed by atoms with Gasteiger partial charge in [-0.2, -0.15) is 0 Å². The Labute approximate surface area is 76.3 Å². The van der Waals surface area contributed by atoms with E-state index in [1.165, 1.54) is 0 Å². The van der Waals surface area contributed by atoms with Crippen molar-refractivity contribution in [1.82, 2.24) is 0 Å². The van der Waals surface area contributed by atoms with Crippen LogP contribution in [-0.2, 0) is 4.79 Å². The lowest BCUT2D eigenvalue weighted by atomic mass is 10.3. The van der Waals surface area contributed by atoms with Gasteiger partial charge in [0, 0.05) is 6.42 Å². The van der Waals surface area contributed by atoms with Gasteiger partial charge in [0.2, 0.25) is 5.75 Å². The number of hydrogen-bond acceptors (Lipinski definition) is 3. The number of esters is 1. The molecule has 0 aliphatic carbocycles. The summed E-state index contributed by atoms with van der Waals surface area (Å²) in [4.78, 5) is 11.1. The Hall–Kier alpha value is -1.51. The molecule has 1 aromatic carbocycles. The number of hydrogen-bond donors (Lipinski definition) is 0. The SMILES string of the molecule is CCCC(=O)Oc1cccc2c1O2. The molecule has 1 aliphatic heterocycles. The fourth-order valence-corrected chi connectivity index (χ4v) is 1.12. The van der Waals surface area contributed by atoms with Crippen LogP contribution in [0.2, 0.25) is 0 Å². The molecule has 0 saturated heterocycles. The van der Waals surface area contributed by atoms with Crippen LogP contribution in [0, 0.1) is 0 Å². The van der Waals surface area contributed by atoms with Crippen molar-refractivity contribution in [3.05, 3.63) is 18.2 Å². The second kappa shape index (κ2) is 3.09. The molecule has 0 radical (unpaired) electrons. The highest BCUT2D eigenvalue weighted by atomic mass is 16.6. The van der Waals surface area contributed by atoms with Gasteiger partial charge in [-0.1, -0.05) is 13.0 Å². The van der Waals surface area contributed by atoms with Gasteiger partial charge in [-0.15, -0.1) is 0 Å². The van der Waals surface area contributed by atoms with E-state index in [0.29, 0.717) is 17.9 Å². The zero-order chi connectivity index (χ0) is 9.26. The molecule has 0 bridgehead atoms. The lowest BCUT2D eigenvalue weighted by Gasteiger charge is -1.99. The predicted molar refractivity (Wildman–Crippen MR) is 47.1 cm³/mol. The zero-order valence-electron chi connectivity index (χ0n) is 7.37. The smallest absolute Gasteiger partial charge is 0.311 e. The van der Waals surface area contributed by atoms with E-state index in [1.54, 1.807) is 12.1 Å². The summed E-state index contributed by atoms with van der Waals surface area (Å²) < 4.78 is 10.1. The molecule has 1 aliphatic rings. The Balaban J connectivity index is 2.04. The molecule has 3 nitrogen and oxygen atoms in total. The van der Waals surface area contributed by atoms with E-state index in [2.05, 4.69) is 0 Å². The summed E-state index contributed by atoms with van der Waals surface area (Å²) in [5, 5.41) is 0. The summed E-state index contributed by atoms with van der Waals surface area (Å²) in [6, 6.07) is 5.38. The predicted octanol–water partition coefficient (Wildman–Crippen LogP) is 2.50. The minimum absolute atomic E-state index is 0.202. The fourth-order valence-electron chi connectivity index (χ4n) is 1.12. The summed E-state index contributed by atoms with van der Waals surface area (Å²) in [5.41, 5.74) is 0. The summed E-state index contributed by atoms with van der Waals surface area (Å²) in [6.07, 6.45) is 1.25. The number of fused-ring (bicyclic) bond motifs is 1. The van der Waals surface area contributed by atoms with Gasteiger partial charge in [0.25, 0.3) is 0 Å². The fraction of sp³-hybridized carbons (Fsp3) is 0.300. The van der Waals surface area contributed by atoms with Crippen LogP contribution >= 0.6 is 0 Å². The van der Waals surface area contributed by atoms with Gasteiger partial charge >= 0.3 is 5.97 Å². The Morgan fingerprint density at radius 1 is 1.54 bits per heavy atom. The van der Waals surface area contributed by atoms with Gasteiger partial charge in [-0.05, 0) is 18.6 Å². The van der Waals surface area contributed by atoms with Crippen molar-refractivity contribution in [2.45, 2.75) is 19.8 Å². The van der Waals surface area contributed by atoms with E-state index in [-0.39, 0.29) is 5.97 Å². The maximum Gasteiger partial charge on any atom is 0.311 e. The Bertz CT molecular complexity index is 344. The standard InChI is InChI=1S/C10H10O3/c1-2-4-9(11)12-7-5-3-6-8-10(7)13-8/h3,5-6H,2,4H2,1H3. The molecule has 0 amide bonds. The van der Waals surface area contributed by atoms with E-state index in [1.807, 2.05) is 13.0 Å². The summed E-state index contributed by atoms with van der Waals surface area (Å²) >= 11 is 0. The molecule has 0 N–H and O–H groups in total. The lowest BCUT2D eigenvalue weighted by Crippen LogP contribution is -2.06. The zero-order valence-corrected chi connectivity index (χ0v) is 7.37. The minimum atomic E-state index is -0.202. The normalized spacial score (nSPS) is 11.5. The number of carbonyl (C=O) groups excluding carboxylic acids is 1. The van der Waals surface area contributed by atoms with Crippen LogP contribution in [0.3, 0.4) is 0 Å². The molecule has 0 aromatic heterocycles. The largest absolute Gasteiger partial charge is 0.445 e. The topological polar surface area (TPSA) is 38.8 Å². The van der Waals surface area contributed by atoms with Crippen LogP contribution in [-0.4, -0.2) is 5.97 Å². The van der Waals surface area contributed by atoms with Gasteiger partial charge < -0.3 is 9.47 Å². The van der Waals surface area contributed by atoms with Gasteiger partial charge in [0.1, 0.15) is 0 Å². The van der Waals surface area contributed by atoms with Crippen molar-refractivity contribution in [2.24, 2.45) is 0 Å². The van der Waals surface area contributed by atoms with Gasteiger partial charge in [0.15, 0.2) is 11.5 Å². The number of ether oxygens (including phenoxy) is 2. The van der Waals surface area contributed by atoms with E-state index in [9.17, 15) is 4.79 Å². The average Bonchev–Trinajstić information content (AvgIpc) is 2.84. The molecule has 13 heavy (non-hydrogen) atoms. The van der Waals surface area contributed by atoms with E-state index < -0.39 is 0 Å². The number of para-hydroxylation sites is 1. The molecule has 3 heteroatoms. The quantitative estimate of drug-likeness (QED) is 0.411. The molecule has 0 saturated carbocycles. The molecule has 68 valence electrons. The van der Waals surface area contributed by atoms with Crippen LogP contribution in [0.5, 0.6) is 17.2 Å². The van der Waals surface area contributed by atoms with Crippen LogP contribution in [0.1, 0.15) is 19.8 Å². The third kappa shape index (κ3) is 1.64. The highest BCUT2D eigenvalue weighted by Gasteiger charge is 2.26. The van der Waals surface area contributed by atoms with Crippen molar-refractivity contribution in [1.29, 1.82) is 0 Å². The van der Waals surface area contributed by atoms with Crippen molar-refractivity contribution in [3.8, 4) is 17.2 Å². The molecular formula is C10H10O3.